The summed E-state index contributed by atoms with van der Waals surface area (Å²) in [6, 6.07) is 0. The molecular formula is C4H10BrN3O2. The Morgan fingerprint density at radius 2 is 2.30 bits per heavy atom. The standard InChI is InChI=1S/C4H10BrN3O2/c1-7(2)8(9)6-10-4-3-5/h3-4H2,1-2H3/b8-6-. The summed E-state index contributed by atoms with van der Waals surface area (Å²) in [5, 5.41) is 15.7. The third kappa shape index (κ3) is 4.37. The molecule has 60 valence electrons. The molecule has 0 aliphatic heterocycles. The molecule has 0 saturated carbocycles. The third-order valence-electron chi connectivity index (χ3n) is 0.638. The second-order valence-electron chi connectivity index (χ2n) is 1.70. The SMILES string of the molecule is CN(C)/[N+]([O-])=N/OCCBr. The number of hydrogen-bond acceptors (Lipinski definition) is 3. The third-order valence-corrected chi connectivity index (χ3v) is 0.962. The van der Waals surface area contributed by atoms with Crippen LogP contribution in [0, 0.1) is 5.21 Å². The summed E-state index contributed by atoms with van der Waals surface area (Å²) in [5.41, 5.74) is 0. The Balaban J connectivity index is 3.48. The summed E-state index contributed by atoms with van der Waals surface area (Å²) < 4.78 is 0. The molecule has 5 nitrogen and oxygen atoms in total. The van der Waals surface area contributed by atoms with Gasteiger partial charge < -0.3 is 10.0 Å². The highest BCUT2D eigenvalue weighted by molar-refractivity contribution is 9.09. The van der Waals surface area contributed by atoms with Gasteiger partial charge >= 0.3 is 0 Å². The van der Waals surface area contributed by atoms with Crippen LogP contribution in [0.4, 0.5) is 0 Å². The molecule has 0 bridgehead atoms. The number of nitrogens with zero attached hydrogens (tertiary/aromatic N) is 3. The van der Waals surface area contributed by atoms with E-state index in [1.807, 2.05) is 0 Å². The van der Waals surface area contributed by atoms with Crippen molar-refractivity contribution in [2.45, 2.75) is 0 Å². The molecule has 0 aromatic carbocycles. The average molecular weight is 212 g/mol. The number of hydrogen-bond donors (Lipinski definition) is 0. The Morgan fingerprint density at radius 1 is 1.70 bits per heavy atom. The average Bonchev–Trinajstić information content (AvgIpc) is 1.88. The summed E-state index contributed by atoms with van der Waals surface area (Å²) in [6.07, 6.45) is 0. The van der Waals surface area contributed by atoms with Crippen LogP contribution in [0.1, 0.15) is 0 Å². The van der Waals surface area contributed by atoms with Crippen LogP contribution in [0.15, 0.2) is 5.28 Å². The summed E-state index contributed by atoms with van der Waals surface area (Å²) >= 11 is 3.12. The fourth-order valence-corrected chi connectivity index (χ4v) is 0.343. The van der Waals surface area contributed by atoms with Gasteiger partial charge in [0, 0.05) is 5.33 Å². The lowest BCUT2D eigenvalue weighted by atomic mass is 10.9. The molecule has 0 aliphatic carbocycles. The summed E-state index contributed by atoms with van der Waals surface area (Å²) in [6.45, 7) is 0.395. The lowest BCUT2D eigenvalue weighted by molar-refractivity contribution is -0.699. The quantitative estimate of drug-likeness (QED) is 0.227. The van der Waals surface area contributed by atoms with Crippen molar-refractivity contribution in [1.82, 2.24) is 5.01 Å². The van der Waals surface area contributed by atoms with Crippen LogP contribution in [-0.4, -0.2) is 36.0 Å². The van der Waals surface area contributed by atoms with Gasteiger partial charge in [0.2, 0.25) is 5.28 Å². The molecule has 0 aliphatic rings. The maximum Gasteiger partial charge on any atom is 0.233 e. The van der Waals surface area contributed by atoms with Gasteiger partial charge in [-0.3, -0.25) is 0 Å². The first-order chi connectivity index (χ1) is 4.68. The molecule has 10 heavy (non-hydrogen) atoms. The van der Waals surface area contributed by atoms with Gasteiger partial charge in [0.05, 0.1) is 19.1 Å². The molecule has 0 radical (unpaired) electrons. The second-order valence-corrected chi connectivity index (χ2v) is 2.50. The van der Waals surface area contributed by atoms with Crippen molar-refractivity contribution in [2.24, 2.45) is 5.28 Å². The highest BCUT2D eigenvalue weighted by Gasteiger charge is 1.95. The van der Waals surface area contributed by atoms with Crippen LogP contribution in [0.2, 0.25) is 0 Å². The minimum Gasteiger partial charge on any atom is -0.569 e. The van der Waals surface area contributed by atoms with E-state index in [0.29, 0.717) is 16.9 Å². The highest BCUT2D eigenvalue weighted by atomic mass is 79.9. The second kappa shape index (κ2) is 5.28. The molecule has 0 amide bonds. The maximum atomic E-state index is 10.6. The van der Waals surface area contributed by atoms with Gasteiger partial charge in [-0.15, -0.1) is 0 Å². The zero-order valence-electron chi connectivity index (χ0n) is 5.95. The Kier molecular flexibility index (Phi) is 5.00. The fraction of sp³-hybridized carbons (Fsp3) is 1.00. The van der Waals surface area contributed by atoms with Crippen molar-refractivity contribution in [3.05, 3.63) is 5.21 Å². The minimum atomic E-state index is 0.364. The normalized spacial score (nSPS) is 11.3. The Hall–Kier alpha value is -0.520. The van der Waals surface area contributed by atoms with Crippen molar-refractivity contribution in [2.75, 3.05) is 26.0 Å². The van der Waals surface area contributed by atoms with Crippen LogP contribution in [-0.2, 0) is 4.84 Å². The lowest BCUT2D eigenvalue weighted by Gasteiger charge is -2.04. The number of rotatable bonds is 4. The van der Waals surface area contributed by atoms with Gasteiger partial charge in [-0.25, -0.2) is 0 Å². The molecule has 0 rings (SSSR count). The molecule has 0 aromatic heterocycles. The fourth-order valence-electron chi connectivity index (χ4n) is 0.198. The van der Waals surface area contributed by atoms with Crippen LogP contribution >= 0.6 is 15.9 Å². The molecule has 0 saturated heterocycles. The molecule has 0 N–H and O–H groups in total. The maximum absolute atomic E-state index is 10.6. The van der Waals surface area contributed by atoms with Gasteiger partial charge in [-0.1, -0.05) is 15.9 Å². The summed E-state index contributed by atoms with van der Waals surface area (Å²) in [5.74, 6) is 0. The van der Waals surface area contributed by atoms with E-state index in [4.69, 9.17) is 0 Å². The van der Waals surface area contributed by atoms with Crippen molar-refractivity contribution < 1.29 is 9.81 Å². The zero-order valence-corrected chi connectivity index (χ0v) is 7.54. The predicted octanol–water partition coefficient (Wildman–Crippen LogP) is 0.752. The monoisotopic (exact) mass is 211 g/mol. The highest BCUT2D eigenvalue weighted by Crippen LogP contribution is 1.85. The molecule has 0 heterocycles. The Bertz CT molecular complexity index is 117. The molecular weight excluding hydrogens is 202 g/mol. The first-order valence-electron chi connectivity index (χ1n) is 2.72. The van der Waals surface area contributed by atoms with E-state index in [1.54, 1.807) is 14.1 Å². The van der Waals surface area contributed by atoms with Crippen LogP contribution in [0.5, 0.6) is 0 Å². The van der Waals surface area contributed by atoms with Gasteiger partial charge in [-0.2, -0.15) is 5.01 Å². The van der Waals surface area contributed by atoms with Crippen molar-refractivity contribution >= 4 is 15.9 Å². The topological polar surface area (TPSA) is 50.9 Å². The summed E-state index contributed by atoms with van der Waals surface area (Å²) in [4.78, 5) is 4.92. The van der Waals surface area contributed by atoms with Gasteiger partial charge in [-0.05, 0) is 0 Å². The first kappa shape index (κ1) is 9.48. The number of hydrazine groups is 1. The zero-order chi connectivity index (χ0) is 7.98. The van der Waals surface area contributed by atoms with E-state index in [0.717, 1.165) is 0 Å². The van der Waals surface area contributed by atoms with Crippen LogP contribution in [0.25, 0.3) is 0 Å². The molecule has 6 heteroatoms. The van der Waals surface area contributed by atoms with E-state index in [2.05, 4.69) is 26.0 Å². The van der Waals surface area contributed by atoms with E-state index in [9.17, 15) is 5.21 Å². The molecule has 0 atom stereocenters. The Morgan fingerprint density at radius 3 is 2.70 bits per heavy atom. The van der Waals surface area contributed by atoms with Gasteiger partial charge in [0.15, 0.2) is 0 Å². The van der Waals surface area contributed by atoms with Crippen molar-refractivity contribution in [1.29, 1.82) is 0 Å². The van der Waals surface area contributed by atoms with Crippen molar-refractivity contribution in [3.8, 4) is 0 Å². The minimum absolute atomic E-state index is 0.364. The van der Waals surface area contributed by atoms with E-state index < -0.39 is 0 Å². The number of halogens is 1. The van der Waals surface area contributed by atoms with Crippen LogP contribution in [0.3, 0.4) is 0 Å². The smallest absolute Gasteiger partial charge is 0.233 e. The molecule has 0 unspecified atom stereocenters. The first-order valence-corrected chi connectivity index (χ1v) is 3.84. The van der Waals surface area contributed by atoms with Gasteiger partial charge in [0.1, 0.15) is 6.61 Å². The Labute approximate surface area is 67.9 Å². The molecule has 0 fully saturated rings. The van der Waals surface area contributed by atoms with Crippen molar-refractivity contribution in [3.63, 3.8) is 0 Å². The van der Waals surface area contributed by atoms with Crippen LogP contribution < -0.4 is 0 Å². The largest absolute Gasteiger partial charge is 0.569 e. The summed E-state index contributed by atoms with van der Waals surface area (Å²) in [7, 11) is 3.15. The molecule has 0 spiro atoms. The van der Waals surface area contributed by atoms with E-state index in [-0.39, 0.29) is 0 Å². The lowest BCUT2D eigenvalue weighted by Crippen LogP contribution is -2.21. The van der Waals surface area contributed by atoms with E-state index >= 15 is 0 Å². The number of alkyl halides is 1. The molecule has 0 aromatic rings. The van der Waals surface area contributed by atoms with Gasteiger partial charge in [0.25, 0.3) is 0 Å². The van der Waals surface area contributed by atoms with E-state index in [1.165, 1.54) is 5.01 Å². The predicted molar refractivity (Wildman–Crippen MR) is 39.5 cm³/mol.